The van der Waals surface area contributed by atoms with Crippen LogP contribution in [-0.4, -0.2) is 64.6 Å². The molecule has 0 amide bonds. The number of nitrogens with one attached hydrogen (secondary N) is 1. The summed E-state index contributed by atoms with van der Waals surface area (Å²) in [6, 6.07) is 3.68. The molecule has 1 aromatic rings. The summed E-state index contributed by atoms with van der Waals surface area (Å²) >= 11 is 0. The van der Waals surface area contributed by atoms with Crippen molar-refractivity contribution in [3.8, 4) is 0 Å². The molecule has 8 nitrogen and oxygen atoms in total. The van der Waals surface area contributed by atoms with Gasteiger partial charge in [-0.2, -0.15) is 4.31 Å². The number of carbonyl (C=O) groups is 2. The Morgan fingerprint density at radius 1 is 1.12 bits per heavy atom. The maximum Gasteiger partial charge on any atom is 0.337 e. The summed E-state index contributed by atoms with van der Waals surface area (Å²) in [5, 5.41) is 3.16. The highest BCUT2D eigenvalue weighted by molar-refractivity contribution is 7.89. The molecule has 1 fully saturated rings. The van der Waals surface area contributed by atoms with E-state index in [1.165, 1.54) is 36.7 Å². The van der Waals surface area contributed by atoms with Crippen LogP contribution in [0.1, 0.15) is 27.6 Å². The molecule has 0 radical (unpaired) electrons. The van der Waals surface area contributed by atoms with Gasteiger partial charge >= 0.3 is 11.9 Å². The normalized spacial score (nSPS) is 18.9. The monoisotopic (exact) mass is 356 g/mol. The van der Waals surface area contributed by atoms with Crippen molar-refractivity contribution in [1.82, 2.24) is 9.62 Å². The standard InChI is InChI=1S/C15H20N2O6S/c1-10-9-17(5-4-16-10)24(20,21)13-7-11(14(18)22-2)6-12(8-13)15(19)23-3/h6-8,10,16H,4-5,9H2,1-3H3. The fraction of sp³-hybridized carbons (Fsp3) is 0.467. The van der Waals surface area contributed by atoms with E-state index in [2.05, 4.69) is 14.8 Å². The number of benzene rings is 1. The number of nitrogens with zero attached hydrogens (tertiary/aromatic N) is 1. The van der Waals surface area contributed by atoms with Gasteiger partial charge in [-0.25, -0.2) is 18.0 Å². The predicted molar refractivity (Wildman–Crippen MR) is 85.3 cm³/mol. The Morgan fingerprint density at radius 3 is 2.12 bits per heavy atom. The molecule has 0 saturated carbocycles. The molecule has 0 bridgehead atoms. The minimum atomic E-state index is -3.85. The van der Waals surface area contributed by atoms with Crippen LogP contribution in [0, 0.1) is 0 Å². The van der Waals surface area contributed by atoms with Crippen molar-refractivity contribution < 1.29 is 27.5 Å². The van der Waals surface area contributed by atoms with E-state index in [4.69, 9.17) is 0 Å². The first-order valence-electron chi connectivity index (χ1n) is 7.35. The highest BCUT2D eigenvalue weighted by Gasteiger charge is 2.30. The number of methoxy groups -OCH3 is 2. The molecule has 9 heteroatoms. The first-order valence-corrected chi connectivity index (χ1v) is 8.79. The quantitative estimate of drug-likeness (QED) is 0.771. The van der Waals surface area contributed by atoms with E-state index in [0.717, 1.165) is 0 Å². The highest BCUT2D eigenvalue weighted by atomic mass is 32.2. The van der Waals surface area contributed by atoms with E-state index in [0.29, 0.717) is 19.6 Å². The van der Waals surface area contributed by atoms with Crippen LogP contribution in [0.2, 0.25) is 0 Å². The van der Waals surface area contributed by atoms with Crippen LogP contribution in [0.5, 0.6) is 0 Å². The van der Waals surface area contributed by atoms with E-state index in [9.17, 15) is 18.0 Å². The zero-order chi connectivity index (χ0) is 17.9. The average Bonchev–Trinajstić information content (AvgIpc) is 2.59. The molecule has 1 N–H and O–H groups in total. The Kier molecular flexibility index (Phi) is 5.58. The predicted octanol–water partition coefficient (Wildman–Crippen LogP) is 0.242. The van der Waals surface area contributed by atoms with Crippen molar-refractivity contribution >= 4 is 22.0 Å². The number of rotatable bonds is 4. The SMILES string of the molecule is COC(=O)c1cc(C(=O)OC)cc(S(=O)(=O)N2CCNC(C)C2)c1. The van der Waals surface area contributed by atoms with Gasteiger partial charge in [-0.05, 0) is 25.1 Å². The lowest BCUT2D eigenvalue weighted by atomic mass is 10.1. The fourth-order valence-corrected chi connectivity index (χ4v) is 4.09. The summed E-state index contributed by atoms with van der Waals surface area (Å²) in [5.41, 5.74) is -0.0516. The van der Waals surface area contributed by atoms with E-state index in [1.807, 2.05) is 6.92 Å². The number of ether oxygens (including phenoxy) is 2. The Balaban J connectivity index is 2.51. The van der Waals surface area contributed by atoms with Crippen LogP contribution in [0.15, 0.2) is 23.1 Å². The molecule has 1 unspecified atom stereocenters. The molecule has 1 aromatic carbocycles. The molecule has 1 aliphatic heterocycles. The first-order chi connectivity index (χ1) is 11.3. The van der Waals surface area contributed by atoms with Gasteiger partial charge < -0.3 is 14.8 Å². The fourth-order valence-electron chi connectivity index (χ4n) is 2.48. The highest BCUT2D eigenvalue weighted by Crippen LogP contribution is 2.22. The van der Waals surface area contributed by atoms with Gasteiger partial charge in [0.15, 0.2) is 0 Å². The van der Waals surface area contributed by atoms with Crippen molar-refractivity contribution in [2.45, 2.75) is 17.9 Å². The number of sulfonamides is 1. The summed E-state index contributed by atoms with van der Waals surface area (Å²) in [6.07, 6.45) is 0. The second-order valence-electron chi connectivity index (χ2n) is 5.45. The molecule has 1 saturated heterocycles. The van der Waals surface area contributed by atoms with Crippen molar-refractivity contribution in [2.24, 2.45) is 0 Å². The minimum Gasteiger partial charge on any atom is -0.465 e. The second kappa shape index (κ2) is 7.29. The van der Waals surface area contributed by atoms with Crippen molar-refractivity contribution in [3.63, 3.8) is 0 Å². The van der Waals surface area contributed by atoms with Gasteiger partial charge in [0.2, 0.25) is 10.0 Å². The van der Waals surface area contributed by atoms with Gasteiger partial charge in [0, 0.05) is 25.7 Å². The van der Waals surface area contributed by atoms with Gasteiger partial charge in [0.25, 0.3) is 0 Å². The third-order valence-corrected chi connectivity index (χ3v) is 5.56. The van der Waals surface area contributed by atoms with Crippen molar-refractivity contribution in [1.29, 1.82) is 0 Å². The summed E-state index contributed by atoms with van der Waals surface area (Å²) in [4.78, 5) is 23.4. The average molecular weight is 356 g/mol. The maximum absolute atomic E-state index is 12.9. The Hall–Kier alpha value is -1.97. The molecule has 132 valence electrons. The van der Waals surface area contributed by atoms with E-state index < -0.39 is 22.0 Å². The lowest BCUT2D eigenvalue weighted by Crippen LogP contribution is -2.51. The number of carbonyl (C=O) groups excluding carboxylic acids is 2. The summed E-state index contributed by atoms with van der Waals surface area (Å²) < 4.78 is 36.3. The van der Waals surface area contributed by atoms with Crippen LogP contribution >= 0.6 is 0 Å². The smallest absolute Gasteiger partial charge is 0.337 e. The van der Waals surface area contributed by atoms with E-state index in [-0.39, 0.29) is 22.1 Å². The molecule has 1 aliphatic rings. The summed E-state index contributed by atoms with van der Waals surface area (Å²) in [5.74, 6) is -1.46. The number of esters is 2. The van der Waals surface area contributed by atoms with E-state index in [1.54, 1.807) is 0 Å². The maximum atomic E-state index is 12.9. The molecule has 0 aliphatic carbocycles. The summed E-state index contributed by atoms with van der Waals surface area (Å²) in [7, 11) is -1.49. The largest absolute Gasteiger partial charge is 0.465 e. The molecule has 1 atom stereocenters. The third-order valence-electron chi connectivity index (χ3n) is 3.72. The van der Waals surface area contributed by atoms with E-state index >= 15 is 0 Å². The molecular formula is C15H20N2O6S. The molecule has 0 spiro atoms. The molecule has 2 rings (SSSR count). The van der Waals surface area contributed by atoms with Gasteiger partial charge in [-0.3, -0.25) is 0 Å². The van der Waals surface area contributed by atoms with Crippen LogP contribution in [0.4, 0.5) is 0 Å². The van der Waals surface area contributed by atoms with Gasteiger partial charge in [0.05, 0.1) is 30.2 Å². The molecule has 24 heavy (non-hydrogen) atoms. The number of hydrogen-bond donors (Lipinski definition) is 1. The minimum absolute atomic E-state index is 0.0115. The lowest BCUT2D eigenvalue weighted by Gasteiger charge is -2.31. The van der Waals surface area contributed by atoms with Crippen molar-refractivity contribution in [3.05, 3.63) is 29.3 Å². The van der Waals surface area contributed by atoms with Gasteiger partial charge in [0.1, 0.15) is 0 Å². The second-order valence-corrected chi connectivity index (χ2v) is 7.39. The van der Waals surface area contributed by atoms with Crippen LogP contribution in [-0.2, 0) is 19.5 Å². The Morgan fingerprint density at radius 2 is 1.67 bits per heavy atom. The van der Waals surface area contributed by atoms with Gasteiger partial charge in [-0.1, -0.05) is 0 Å². The topological polar surface area (TPSA) is 102 Å². The first kappa shape index (κ1) is 18.4. The van der Waals surface area contributed by atoms with Gasteiger partial charge in [-0.15, -0.1) is 0 Å². The van der Waals surface area contributed by atoms with Crippen LogP contribution in [0.25, 0.3) is 0 Å². The summed E-state index contributed by atoms with van der Waals surface area (Å²) in [6.45, 7) is 3.02. The Labute approximate surface area is 140 Å². The zero-order valence-corrected chi connectivity index (χ0v) is 14.6. The van der Waals surface area contributed by atoms with Crippen LogP contribution in [0.3, 0.4) is 0 Å². The zero-order valence-electron chi connectivity index (χ0n) is 13.7. The van der Waals surface area contributed by atoms with Crippen LogP contribution < -0.4 is 5.32 Å². The molecule has 0 aromatic heterocycles. The Bertz CT molecular complexity index is 712. The number of piperazine rings is 1. The lowest BCUT2D eigenvalue weighted by molar-refractivity contribution is 0.0598. The van der Waals surface area contributed by atoms with Crippen molar-refractivity contribution in [2.75, 3.05) is 33.9 Å². The molecule has 1 heterocycles. The number of hydrogen-bond acceptors (Lipinski definition) is 7. The third kappa shape index (κ3) is 3.74. The molecular weight excluding hydrogens is 336 g/mol.